The molecule has 480 valence electrons. The summed E-state index contributed by atoms with van der Waals surface area (Å²) in [7, 11) is 0. The number of ether oxygens (including phenoxy) is 19. The van der Waals surface area contributed by atoms with Crippen LogP contribution in [0.3, 0.4) is 0 Å². The van der Waals surface area contributed by atoms with Crippen LogP contribution in [0.25, 0.3) is 0 Å². The van der Waals surface area contributed by atoms with Gasteiger partial charge in [-0.15, -0.1) is 0 Å². The lowest BCUT2D eigenvalue weighted by Gasteiger charge is -2.37. The molecule has 0 heterocycles. The maximum Gasteiger partial charge on any atom is 0.330 e. The first-order valence-corrected chi connectivity index (χ1v) is 26.7. The van der Waals surface area contributed by atoms with E-state index < -0.39 is 46.6 Å². The van der Waals surface area contributed by atoms with Crippen LogP contribution in [0.15, 0.2) is 75.9 Å². The molecule has 83 heavy (non-hydrogen) atoms. The third kappa shape index (κ3) is 52.1. The van der Waals surface area contributed by atoms with Crippen molar-refractivity contribution in [3.05, 3.63) is 75.9 Å². The largest absolute Gasteiger partial charge is 0.460 e. The average Bonchev–Trinajstić information content (AvgIpc) is 3.54. The summed E-state index contributed by atoms with van der Waals surface area (Å²) in [6.07, 6.45) is 8.17. The van der Waals surface area contributed by atoms with E-state index in [9.17, 15) is 28.8 Å². The van der Waals surface area contributed by atoms with Gasteiger partial charge in [-0.1, -0.05) is 54.3 Å². The van der Waals surface area contributed by atoms with Crippen molar-refractivity contribution in [2.24, 2.45) is 10.8 Å². The minimum atomic E-state index is -0.726. The summed E-state index contributed by atoms with van der Waals surface area (Å²) >= 11 is 0. The van der Waals surface area contributed by atoms with Crippen molar-refractivity contribution in [1.29, 1.82) is 0 Å². The third-order valence-electron chi connectivity index (χ3n) is 10.8. The zero-order valence-electron chi connectivity index (χ0n) is 47.4. The van der Waals surface area contributed by atoms with E-state index in [-0.39, 0.29) is 226 Å². The van der Waals surface area contributed by atoms with Gasteiger partial charge in [0.1, 0.15) is 39.6 Å². The first-order valence-electron chi connectivity index (χ1n) is 26.7. The van der Waals surface area contributed by atoms with Crippen LogP contribution < -0.4 is 0 Å². The normalized spacial score (nSPS) is 11.0. The fraction of sp³-hybridized carbons (Fsp3) is 0.690. The Morgan fingerprint density at radius 2 is 0.361 bits per heavy atom. The van der Waals surface area contributed by atoms with Crippen LogP contribution in [-0.4, -0.2) is 247 Å². The predicted octanol–water partition coefficient (Wildman–Crippen LogP) is 4.38. The average molecular weight is 1200 g/mol. The zero-order chi connectivity index (χ0) is 59.6. The summed E-state index contributed by atoms with van der Waals surface area (Å²) < 4.78 is 107. The van der Waals surface area contributed by atoms with Crippen molar-refractivity contribution in [3.63, 3.8) is 0 Å². The molecule has 0 aromatic rings. The summed E-state index contributed by atoms with van der Waals surface area (Å²) in [5.41, 5.74) is -1.45. The highest BCUT2D eigenvalue weighted by molar-refractivity contribution is 5.82. The first-order chi connectivity index (χ1) is 39.4. The fourth-order valence-corrected chi connectivity index (χ4v) is 6.42. The van der Waals surface area contributed by atoms with E-state index in [0.717, 1.165) is 36.5 Å². The number of carbonyl (C=O) groups is 6. The molecule has 25 nitrogen and oxygen atoms in total. The van der Waals surface area contributed by atoms with Crippen LogP contribution >= 0.6 is 0 Å². The van der Waals surface area contributed by atoms with Crippen molar-refractivity contribution in [3.8, 4) is 0 Å². The molecule has 0 spiro atoms. The Hall–Kier alpha value is -5.26. The van der Waals surface area contributed by atoms with Gasteiger partial charge in [-0.25, -0.2) is 28.8 Å². The second-order valence-corrected chi connectivity index (χ2v) is 17.0. The van der Waals surface area contributed by atoms with Gasteiger partial charge in [0.05, 0.1) is 145 Å². The van der Waals surface area contributed by atoms with Gasteiger partial charge >= 0.3 is 35.8 Å². The molecule has 0 aromatic carbocycles. The third-order valence-corrected chi connectivity index (χ3v) is 10.8. The Morgan fingerprint density at radius 3 is 0.542 bits per heavy atom. The van der Waals surface area contributed by atoms with Gasteiger partial charge in [-0.3, -0.25) is 0 Å². The highest BCUT2D eigenvalue weighted by atomic mass is 16.6. The number of carbonyl (C=O) groups excluding carboxylic acids is 6. The van der Waals surface area contributed by atoms with E-state index in [2.05, 4.69) is 39.5 Å². The molecule has 0 fully saturated rings. The van der Waals surface area contributed by atoms with Crippen molar-refractivity contribution in [2.75, 3.05) is 211 Å². The molecule has 0 radical (unpaired) electrons. The molecule has 0 aliphatic carbocycles. The molecule has 0 aliphatic rings. The molecule has 0 amide bonds. The molecule has 0 saturated heterocycles. The Morgan fingerprint density at radius 1 is 0.217 bits per heavy atom. The van der Waals surface area contributed by atoms with Crippen molar-refractivity contribution >= 4 is 35.8 Å². The van der Waals surface area contributed by atoms with Crippen LogP contribution in [-0.2, 0) is 119 Å². The number of hydrogen-bond donors (Lipinski definition) is 0. The molecule has 0 rings (SSSR count). The van der Waals surface area contributed by atoms with Crippen LogP contribution in [0.4, 0.5) is 0 Å². The second-order valence-electron chi connectivity index (χ2n) is 17.0. The molecule has 0 N–H and O–H groups in total. The van der Waals surface area contributed by atoms with Gasteiger partial charge in [0, 0.05) is 73.7 Å². The van der Waals surface area contributed by atoms with E-state index in [1.165, 1.54) is 0 Å². The predicted molar refractivity (Wildman–Crippen MR) is 304 cm³/mol. The monoisotopic (exact) mass is 1190 g/mol. The topological polar surface area (TPSA) is 278 Å². The quantitative estimate of drug-likeness (QED) is 0.0353. The van der Waals surface area contributed by atoms with E-state index in [1.54, 1.807) is 0 Å². The molecule has 0 unspecified atom stereocenters. The lowest BCUT2D eigenvalue weighted by molar-refractivity contribution is -0.140. The highest BCUT2D eigenvalue weighted by Crippen LogP contribution is 2.33. The smallest absolute Gasteiger partial charge is 0.330 e. The second kappa shape index (κ2) is 59.9. The molecule has 25 heteroatoms. The van der Waals surface area contributed by atoms with Crippen LogP contribution in [0.5, 0.6) is 0 Å². The van der Waals surface area contributed by atoms with Gasteiger partial charge in [0.25, 0.3) is 0 Å². The van der Waals surface area contributed by atoms with E-state index >= 15 is 0 Å². The van der Waals surface area contributed by atoms with Crippen molar-refractivity contribution in [1.82, 2.24) is 0 Å². The lowest BCUT2D eigenvalue weighted by Crippen LogP contribution is -2.40. The molecular weight excluding hydrogens is 1100 g/mol. The Balaban J connectivity index is -0.0000320. The molecular formula is C58H98O25. The molecule has 0 saturated carbocycles. The zero-order valence-corrected chi connectivity index (χ0v) is 47.4. The van der Waals surface area contributed by atoms with Crippen LogP contribution in [0.2, 0.25) is 0 Å². The maximum atomic E-state index is 11.5. The van der Waals surface area contributed by atoms with Crippen LogP contribution in [0, 0.1) is 10.8 Å². The Labute approximate surface area is 492 Å². The van der Waals surface area contributed by atoms with Gasteiger partial charge in [-0.2, -0.15) is 0 Å². The molecule has 0 aliphatic heterocycles. The first kappa shape index (κ1) is 82.0. The summed E-state index contributed by atoms with van der Waals surface area (Å²) in [5, 5.41) is 0. The van der Waals surface area contributed by atoms with Crippen molar-refractivity contribution < 1.29 is 119 Å². The van der Waals surface area contributed by atoms with Gasteiger partial charge < -0.3 is 90.0 Å². The Bertz CT molecular complexity index is 1510. The van der Waals surface area contributed by atoms with Gasteiger partial charge in [0.2, 0.25) is 0 Å². The number of esters is 6. The van der Waals surface area contributed by atoms with Gasteiger partial charge in [0.15, 0.2) is 0 Å². The highest BCUT2D eigenvalue weighted by Gasteiger charge is 2.35. The van der Waals surface area contributed by atoms with E-state index in [4.69, 9.17) is 90.0 Å². The minimum absolute atomic E-state index is 0. The van der Waals surface area contributed by atoms with E-state index in [1.807, 2.05) is 0 Å². The van der Waals surface area contributed by atoms with Crippen LogP contribution in [0.1, 0.15) is 40.5 Å². The molecule has 0 bridgehead atoms. The Kier molecular flexibility index (Phi) is 59.1. The minimum Gasteiger partial charge on any atom is -0.460 e. The lowest BCUT2D eigenvalue weighted by atomic mass is 9.81. The summed E-state index contributed by atoms with van der Waals surface area (Å²) in [4.78, 5) is 68.6. The van der Waals surface area contributed by atoms with Gasteiger partial charge in [-0.05, 0) is 25.7 Å². The standard InChI is InChI=1S/C56H90O25.2CH4/c1-7-49(57)76-39-33-67-25-21-63-17-13-55(45-73-31-29-71-37-43-80-53(61)11-5,14-18-64-22-26-68-34-40-77-50(58)8-2)47-75-48-56(46-74-32-30-72-38-44-81-54(62)12-6,15-19-65-23-27-69-35-41-78-51(59)9-3)16-20-66-24-28-70-36-42-79-52(60)10-4;;/h7-12H,1-6,13-48H2;2*1H4. The van der Waals surface area contributed by atoms with E-state index in [0.29, 0.717) is 25.7 Å². The molecule has 0 aromatic heterocycles. The maximum absolute atomic E-state index is 11.5. The molecule has 0 atom stereocenters. The number of rotatable bonds is 62. The summed E-state index contributed by atoms with van der Waals surface area (Å²) in [6.45, 7) is 25.9. The SMILES string of the molecule is C.C.C=CC(=O)OCCOCCOCCC(CCOCCOCCOC(=O)C=C)(COCCOCCOC(=O)C=C)COCC(CCOCCOCCOC(=O)C=C)(CCOCCOCCOC(=O)C=C)COCCOCCOC(=O)C=C. The van der Waals surface area contributed by atoms with Crippen molar-refractivity contribution in [2.45, 2.75) is 40.5 Å². The number of hydrogen-bond acceptors (Lipinski definition) is 25. The fourth-order valence-electron chi connectivity index (χ4n) is 6.42. The summed E-state index contributed by atoms with van der Waals surface area (Å²) in [6, 6.07) is 0. The summed E-state index contributed by atoms with van der Waals surface area (Å²) in [5.74, 6) is -3.32.